The van der Waals surface area contributed by atoms with E-state index >= 15 is 0 Å². The van der Waals surface area contributed by atoms with Crippen LogP contribution in [-0.2, 0) is 0 Å². The zero-order valence-electron chi connectivity index (χ0n) is 15.2. The number of hydrogen-bond donors (Lipinski definition) is 1. The van der Waals surface area contributed by atoms with E-state index in [9.17, 15) is 0 Å². The van der Waals surface area contributed by atoms with Crippen molar-refractivity contribution < 1.29 is 0 Å². The van der Waals surface area contributed by atoms with Crippen LogP contribution in [0.5, 0.6) is 0 Å². The predicted molar refractivity (Wildman–Crippen MR) is 101 cm³/mol. The van der Waals surface area contributed by atoms with Crippen LogP contribution in [0.15, 0.2) is 11.3 Å². The molecule has 0 bridgehead atoms. The van der Waals surface area contributed by atoms with Gasteiger partial charge >= 0.3 is 0 Å². The molecule has 0 heterocycles. The second-order valence-corrected chi connectivity index (χ2v) is 19.5. The van der Waals surface area contributed by atoms with Crippen molar-refractivity contribution in [3.8, 4) is 0 Å². The van der Waals surface area contributed by atoms with E-state index in [0.29, 0.717) is 6.04 Å². The Morgan fingerprint density at radius 2 is 1.65 bits per heavy atom. The molecule has 120 valence electrons. The van der Waals surface area contributed by atoms with Crippen molar-refractivity contribution in [2.24, 2.45) is 0 Å². The molecule has 0 aliphatic carbocycles. The molecule has 0 rings (SSSR count). The quantitative estimate of drug-likeness (QED) is 0.414. The molecule has 0 fully saturated rings. The SMILES string of the molecule is CCC(C)NCCC[SiH](C=C(C)C)[Si](CC)(CC)CC. The van der Waals surface area contributed by atoms with Gasteiger partial charge in [-0.1, -0.05) is 57.4 Å². The lowest BCUT2D eigenvalue weighted by molar-refractivity contribution is 0.532. The summed E-state index contributed by atoms with van der Waals surface area (Å²) < 4.78 is 0. The van der Waals surface area contributed by atoms with Gasteiger partial charge in [0, 0.05) is 13.6 Å². The summed E-state index contributed by atoms with van der Waals surface area (Å²) in [6, 6.07) is 6.71. The van der Waals surface area contributed by atoms with Crippen molar-refractivity contribution >= 4 is 15.9 Å². The van der Waals surface area contributed by atoms with Crippen LogP contribution in [0.25, 0.3) is 0 Å². The van der Waals surface area contributed by atoms with Gasteiger partial charge in [0.25, 0.3) is 0 Å². The molecule has 3 heteroatoms. The monoisotopic (exact) mass is 313 g/mol. The first-order chi connectivity index (χ1) is 9.45. The molecule has 0 aromatic rings. The Labute approximate surface area is 131 Å². The lowest BCUT2D eigenvalue weighted by Gasteiger charge is -2.35. The first-order valence-electron chi connectivity index (χ1n) is 8.84. The smallest absolute Gasteiger partial charge is 0.0560 e. The van der Waals surface area contributed by atoms with E-state index in [1.807, 2.05) is 0 Å². The molecule has 0 aliphatic rings. The normalized spacial score (nSPS) is 14.9. The third kappa shape index (κ3) is 6.73. The summed E-state index contributed by atoms with van der Waals surface area (Å²) in [4.78, 5) is 0. The minimum absolute atomic E-state index is 0.677. The van der Waals surface area contributed by atoms with Crippen molar-refractivity contribution in [2.75, 3.05) is 6.54 Å². The summed E-state index contributed by atoms with van der Waals surface area (Å²) in [7, 11) is -1.64. The predicted octanol–water partition coefficient (Wildman–Crippen LogP) is 5.08. The lowest BCUT2D eigenvalue weighted by Crippen LogP contribution is -2.49. The van der Waals surface area contributed by atoms with Crippen molar-refractivity contribution in [1.29, 1.82) is 0 Å². The first-order valence-corrected chi connectivity index (χ1v) is 14.7. The molecule has 0 aromatic heterocycles. The Morgan fingerprint density at radius 3 is 2.05 bits per heavy atom. The van der Waals surface area contributed by atoms with Gasteiger partial charge in [-0.25, -0.2) is 0 Å². The van der Waals surface area contributed by atoms with E-state index in [-0.39, 0.29) is 0 Å². The Morgan fingerprint density at radius 1 is 1.10 bits per heavy atom. The zero-order chi connectivity index (χ0) is 15.6. The number of allylic oxidation sites excluding steroid dienone is 1. The van der Waals surface area contributed by atoms with Crippen LogP contribution in [0.2, 0.25) is 24.2 Å². The fourth-order valence-electron chi connectivity index (χ4n) is 3.32. The Kier molecular flexibility index (Phi) is 10.9. The van der Waals surface area contributed by atoms with E-state index in [1.54, 1.807) is 5.57 Å². The fraction of sp³-hybridized carbons (Fsp3) is 0.882. The molecular weight excluding hydrogens is 274 g/mol. The molecule has 20 heavy (non-hydrogen) atoms. The van der Waals surface area contributed by atoms with Crippen molar-refractivity contribution in [2.45, 2.75) is 91.5 Å². The minimum Gasteiger partial charge on any atom is -0.314 e. The van der Waals surface area contributed by atoms with Crippen LogP contribution in [0.1, 0.15) is 61.3 Å². The molecule has 2 unspecified atom stereocenters. The first kappa shape index (κ1) is 20.1. The fourth-order valence-corrected chi connectivity index (χ4v) is 18.2. The highest BCUT2D eigenvalue weighted by atomic mass is 29.2. The van der Waals surface area contributed by atoms with Gasteiger partial charge in [0.2, 0.25) is 0 Å². The number of rotatable bonds is 11. The highest BCUT2D eigenvalue weighted by Crippen LogP contribution is 2.27. The van der Waals surface area contributed by atoms with Crippen LogP contribution in [0, 0.1) is 0 Å². The van der Waals surface area contributed by atoms with Gasteiger partial charge in [0.05, 0.1) is 8.31 Å². The molecule has 1 N–H and O–H groups in total. The molecule has 0 saturated carbocycles. The molecule has 0 aromatic carbocycles. The molecule has 1 nitrogen and oxygen atoms in total. The Hall–Kier alpha value is 0.134. The van der Waals surface area contributed by atoms with Crippen LogP contribution < -0.4 is 5.32 Å². The van der Waals surface area contributed by atoms with Crippen molar-refractivity contribution in [1.82, 2.24) is 5.32 Å². The van der Waals surface area contributed by atoms with Crippen LogP contribution >= 0.6 is 0 Å². The molecule has 0 aliphatic heterocycles. The molecule has 2 atom stereocenters. The second-order valence-electron chi connectivity index (χ2n) is 6.68. The molecule has 0 saturated heterocycles. The second kappa shape index (κ2) is 10.8. The summed E-state index contributed by atoms with van der Waals surface area (Å²) in [5.74, 6) is 0. The largest absolute Gasteiger partial charge is 0.314 e. The van der Waals surface area contributed by atoms with Gasteiger partial charge in [-0.05, 0) is 40.2 Å². The Bertz CT molecular complexity index is 260. The molecule has 0 radical (unpaired) electrons. The summed E-state index contributed by atoms with van der Waals surface area (Å²) >= 11 is 0. The molecular formula is C17H39NSi2. The zero-order valence-corrected chi connectivity index (χ0v) is 17.3. The van der Waals surface area contributed by atoms with Crippen molar-refractivity contribution in [3.05, 3.63) is 11.3 Å². The Balaban J connectivity index is 4.61. The maximum atomic E-state index is 3.66. The van der Waals surface area contributed by atoms with Crippen LogP contribution in [0.3, 0.4) is 0 Å². The summed E-state index contributed by atoms with van der Waals surface area (Å²) in [6.07, 6.45) is 2.63. The molecule has 0 spiro atoms. The maximum absolute atomic E-state index is 3.66. The lowest BCUT2D eigenvalue weighted by atomic mass is 10.2. The van der Waals surface area contributed by atoms with Crippen LogP contribution in [-0.4, -0.2) is 28.5 Å². The highest BCUT2D eigenvalue weighted by molar-refractivity contribution is 7.35. The molecule has 0 amide bonds. The summed E-state index contributed by atoms with van der Waals surface area (Å²) in [5, 5.41) is 3.66. The summed E-state index contributed by atoms with van der Waals surface area (Å²) in [5.41, 5.74) is 4.31. The average Bonchev–Trinajstić information content (AvgIpc) is 2.44. The standard InChI is InChI=1S/C17H39NSi2/c1-8-17(7)18-13-12-14-19(15-16(5)6)20(9-2,10-3)11-4/h15,17-19H,8-14H2,1-7H3. The van der Waals surface area contributed by atoms with E-state index in [4.69, 9.17) is 0 Å². The number of hydrogen-bond acceptors (Lipinski definition) is 1. The van der Waals surface area contributed by atoms with Crippen molar-refractivity contribution in [3.63, 3.8) is 0 Å². The highest BCUT2D eigenvalue weighted by Gasteiger charge is 2.35. The van der Waals surface area contributed by atoms with E-state index in [1.165, 1.54) is 43.6 Å². The minimum atomic E-state index is -0.960. The van der Waals surface area contributed by atoms with Gasteiger partial charge in [0.15, 0.2) is 0 Å². The third-order valence-electron chi connectivity index (χ3n) is 5.23. The topological polar surface area (TPSA) is 12.0 Å². The van der Waals surface area contributed by atoms with Gasteiger partial charge in [-0.3, -0.25) is 0 Å². The summed E-state index contributed by atoms with van der Waals surface area (Å²) in [6.45, 7) is 17.8. The number of nitrogens with one attached hydrogen (secondary N) is 1. The van der Waals surface area contributed by atoms with Crippen LogP contribution in [0.4, 0.5) is 0 Å². The van der Waals surface area contributed by atoms with E-state index in [0.717, 1.165) is 0 Å². The average molecular weight is 314 g/mol. The maximum Gasteiger partial charge on any atom is 0.0560 e. The van der Waals surface area contributed by atoms with E-state index in [2.05, 4.69) is 59.5 Å². The van der Waals surface area contributed by atoms with Gasteiger partial charge in [0.1, 0.15) is 0 Å². The van der Waals surface area contributed by atoms with Gasteiger partial charge in [-0.2, -0.15) is 0 Å². The van der Waals surface area contributed by atoms with E-state index < -0.39 is 15.9 Å². The third-order valence-corrected chi connectivity index (χ3v) is 22.9. The van der Waals surface area contributed by atoms with Gasteiger partial charge < -0.3 is 5.32 Å². The van der Waals surface area contributed by atoms with Gasteiger partial charge in [-0.15, -0.1) is 5.70 Å².